The fraction of sp³-hybridized carbons (Fsp3) is 0.333. The van der Waals surface area contributed by atoms with E-state index in [0.29, 0.717) is 29.2 Å². The van der Waals surface area contributed by atoms with E-state index in [-0.39, 0.29) is 6.03 Å². The molecule has 2 amide bonds. The third-order valence-electron chi connectivity index (χ3n) is 3.80. The number of aryl methyl sites for hydroxylation is 3. The number of benzene rings is 1. The molecule has 2 aromatic rings. The number of carbonyl (C=O) groups is 2. The van der Waals surface area contributed by atoms with Gasteiger partial charge in [0.05, 0.1) is 12.2 Å². The van der Waals surface area contributed by atoms with Gasteiger partial charge in [0.25, 0.3) is 0 Å². The second-order valence-corrected chi connectivity index (χ2v) is 5.74. The summed E-state index contributed by atoms with van der Waals surface area (Å²) in [5, 5.41) is 5.57. The number of esters is 1. The van der Waals surface area contributed by atoms with Crippen molar-refractivity contribution in [3.8, 4) is 0 Å². The Morgan fingerprint density at radius 3 is 2.50 bits per heavy atom. The van der Waals surface area contributed by atoms with E-state index in [1.54, 1.807) is 20.8 Å². The Balaban J connectivity index is 2.16. The minimum absolute atomic E-state index is 0.304. The van der Waals surface area contributed by atoms with Crippen LogP contribution in [-0.2, 0) is 4.74 Å². The molecular weight excluding hydrogens is 306 g/mol. The Kier molecular flexibility index (Phi) is 5.28. The molecular formula is C18H23N3O3. The Bertz CT molecular complexity index is 778. The average molecular weight is 329 g/mol. The van der Waals surface area contributed by atoms with Crippen molar-refractivity contribution in [1.82, 2.24) is 4.98 Å². The second-order valence-electron chi connectivity index (χ2n) is 5.74. The first-order valence-electron chi connectivity index (χ1n) is 7.85. The monoisotopic (exact) mass is 329 g/mol. The van der Waals surface area contributed by atoms with Crippen LogP contribution in [0.25, 0.3) is 0 Å². The third kappa shape index (κ3) is 3.76. The fourth-order valence-electron chi connectivity index (χ4n) is 2.52. The number of aromatic nitrogens is 1. The predicted octanol–water partition coefficient (Wildman–Crippen LogP) is 4.07. The molecule has 1 aromatic carbocycles. The molecule has 24 heavy (non-hydrogen) atoms. The highest BCUT2D eigenvalue weighted by Crippen LogP contribution is 2.23. The summed E-state index contributed by atoms with van der Waals surface area (Å²) >= 11 is 0. The van der Waals surface area contributed by atoms with E-state index in [1.807, 2.05) is 32.0 Å². The molecule has 0 saturated heterocycles. The van der Waals surface area contributed by atoms with Crippen molar-refractivity contribution in [3.05, 3.63) is 46.1 Å². The lowest BCUT2D eigenvalue weighted by molar-refractivity contribution is 0.0525. The highest BCUT2D eigenvalue weighted by Gasteiger charge is 2.20. The maximum Gasteiger partial charge on any atom is 0.340 e. The third-order valence-corrected chi connectivity index (χ3v) is 3.80. The van der Waals surface area contributed by atoms with Crippen molar-refractivity contribution in [3.63, 3.8) is 0 Å². The van der Waals surface area contributed by atoms with Crippen molar-refractivity contribution in [2.75, 3.05) is 17.2 Å². The number of amides is 2. The molecule has 0 aliphatic carbocycles. The molecule has 0 atom stereocenters. The summed E-state index contributed by atoms with van der Waals surface area (Å²) in [6.07, 6.45) is 0. The van der Waals surface area contributed by atoms with Crippen molar-refractivity contribution < 1.29 is 14.3 Å². The molecule has 0 fully saturated rings. The van der Waals surface area contributed by atoms with Gasteiger partial charge in [-0.15, -0.1) is 0 Å². The molecule has 6 nitrogen and oxygen atoms in total. The number of nitrogens with one attached hydrogen (secondary N) is 3. The number of aromatic amines is 1. The first kappa shape index (κ1) is 17.6. The van der Waals surface area contributed by atoms with Crippen LogP contribution in [0.3, 0.4) is 0 Å². The Morgan fingerprint density at radius 2 is 1.83 bits per heavy atom. The van der Waals surface area contributed by atoms with Gasteiger partial charge in [-0.1, -0.05) is 12.1 Å². The number of anilines is 2. The Hall–Kier alpha value is -2.76. The molecule has 6 heteroatoms. The summed E-state index contributed by atoms with van der Waals surface area (Å²) in [5.74, 6) is 0.0881. The van der Waals surface area contributed by atoms with Gasteiger partial charge >= 0.3 is 12.0 Å². The molecule has 1 aromatic heterocycles. The molecule has 1 heterocycles. The Morgan fingerprint density at radius 1 is 1.12 bits per heavy atom. The van der Waals surface area contributed by atoms with Crippen molar-refractivity contribution >= 4 is 23.5 Å². The van der Waals surface area contributed by atoms with Gasteiger partial charge in [0, 0.05) is 16.9 Å². The molecule has 0 bridgehead atoms. The quantitative estimate of drug-likeness (QED) is 0.739. The van der Waals surface area contributed by atoms with Crippen LogP contribution >= 0.6 is 0 Å². The highest BCUT2D eigenvalue weighted by molar-refractivity contribution is 6.02. The summed E-state index contributed by atoms with van der Waals surface area (Å²) in [5.41, 5.74) is 4.56. The largest absolute Gasteiger partial charge is 0.462 e. The molecule has 0 radical (unpaired) electrons. The van der Waals surface area contributed by atoms with E-state index in [2.05, 4.69) is 15.6 Å². The lowest BCUT2D eigenvalue weighted by Gasteiger charge is -2.10. The number of urea groups is 1. The number of H-pyrrole nitrogens is 1. The number of carbonyl (C=O) groups excluding carboxylic acids is 2. The van der Waals surface area contributed by atoms with Gasteiger partial charge in [0.1, 0.15) is 5.82 Å². The van der Waals surface area contributed by atoms with Crippen LogP contribution in [0.5, 0.6) is 0 Å². The maximum atomic E-state index is 12.3. The minimum Gasteiger partial charge on any atom is -0.462 e. The van der Waals surface area contributed by atoms with Crippen molar-refractivity contribution in [2.24, 2.45) is 0 Å². The lowest BCUT2D eigenvalue weighted by Crippen LogP contribution is -2.20. The Labute approximate surface area is 141 Å². The summed E-state index contributed by atoms with van der Waals surface area (Å²) in [7, 11) is 0. The van der Waals surface area contributed by atoms with Crippen LogP contribution in [0.15, 0.2) is 18.2 Å². The lowest BCUT2D eigenvalue weighted by atomic mass is 10.1. The topological polar surface area (TPSA) is 83.2 Å². The van der Waals surface area contributed by atoms with Gasteiger partial charge in [-0.05, 0) is 51.8 Å². The number of ether oxygens (including phenoxy) is 1. The second kappa shape index (κ2) is 7.21. The van der Waals surface area contributed by atoms with Crippen LogP contribution < -0.4 is 10.6 Å². The first-order chi connectivity index (χ1) is 11.3. The van der Waals surface area contributed by atoms with Crippen LogP contribution in [0.2, 0.25) is 0 Å². The highest BCUT2D eigenvalue weighted by atomic mass is 16.5. The molecule has 0 aliphatic rings. The summed E-state index contributed by atoms with van der Waals surface area (Å²) in [4.78, 5) is 27.3. The zero-order valence-electron chi connectivity index (χ0n) is 14.7. The van der Waals surface area contributed by atoms with Gasteiger partial charge < -0.3 is 15.0 Å². The summed E-state index contributed by atoms with van der Waals surface area (Å²) < 4.78 is 5.05. The fourth-order valence-corrected chi connectivity index (χ4v) is 2.52. The standard InChI is InChI=1S/C18H23N3O3/c1-6-24-17(22)15-12(4)16(19-13(15)5)21-18(23)20-14-9-10(2)7-8-11(14)3/h7-9,19H,6H2,1-5H3,(H2,20,21,23). The normalized spacial score (nSPS) is 10.4. The van der Waals surface area contributed by atoms with E-state index in [1.165, 1.54) is 0 Å². The van der Waals surface area contributed by atoms with Crippen LogP contribution in [-0.4, -0.2) is 23.6 Å². The summed E-state index contributed by atoms with van der Waals surface area (Å²) in [6, 6.07) is 5.48. The molecule has 0 spiro atoms. The molecule has 128 valence electrons. The average Bonchev–Trinajstić information content (AvgIpc) is 2.77. The van der Waals surface area contributed by atoms with Gasteiger partial charge in [0.2, 0.25) is 0 Å². The SMILES string of the molecule is CCOC(=O)c1c(C)[nH]c(NC(=O)Nc2cc(C)ccc2C)c1C. The van der Waals surface area contributed by atoms with Gasteiger partial charge in [-0.25, -0.2) is 9.59 Å². The smallest absolute Gasteiger partial charge is 0.340 e. The van der Waals surface area contributed by atoms with E-state index in [4.69, 9.17) is 4.74 Å². The van der Waals surface area contributed by atoms with Gasteiger partial charge in [-0.3, -0.25) is 5.32 Å². The molecule has 0 saturated carbocycles. The van der Waals surface area contributed by atoms with E-state index in [0.717, 1.165) is 16.8 Å². The molecule has 2 rings (SSSR count). The van der Waals surface area contributed by atoms with Gasteiger partial charge in [0.15, 0.2) is 0 Å². The first-order valence-corrected chi connectivity index (χ1v) is 7.85. The van der Waals surface area contributed by atoms with Crippen molar-refractivity contribution in [2.45, 2.75) is 34.6 Å². The molecule has 0 unspecified atom stereocenters. The van der Waals surface area contributed by atoms with E-state index in [9.17, 15) is 9.59 Å². The van der Waals surface area contributed by atoms with Gasteiger partial charge in [-0.2, -0.15) is 0 Å². The number of rotatable bonds is 4. The number of hydrogen-bond donors (Lipinski definition) is 3. The van der Waals surface area contributed by atoms with E-state index >= 15 is 0 Å². The molecule has 3 N–H and O–H groups in total. The molecule has 0 aliphatic heterocycles. The maximum absolute atomic E-state index is 12.3. The minimum atomic E-state index is -0.397. The van der Waals surface area contributed by atoms with E-state index < -0.39 is 5.97 Å². The van der Waals surface area contributed by atoms with Crippen LogP contribution in [0, 0.1) is 27.7 Å². The van der Waals surface area contributed by atoms with Crippen LogP contribution in [0.4, 0.5) is 16.3 Å². The summed E-state index contributed by atoms with van der Waals surface area (Å²) in [6.45, 7) is 9.49. The van der Waals surface area contributed by atoms with Crippen LogP contribution in [0.1, 0.15) is 39.7 Å². The number of hydrogen-bond acceptors (Lipinski definition) is 3. The zero-order valence-corrected chi connectivity index (χ0v) is 14.7. The predicted molar refractivity (Wildman–Crippen MR) is 94.8 cm³/mol. The zero-order chi connectivity index (χ0) is 17.9. The van der Waals surface area contributed by atoms with Crippen molar-refractivity contribution in [1.29, 1.82) is 0 Å².